The normalized spacial score (nSPS) is 9.76. The maximum atomic E-state index is 11.4. The molecule has 0 aromatic heterocycles. The maximum absolute atomic E-state index is 11.4. The summed E-state index contributed by atoms with van der Waals surface area (Å²) in [6.07, 6.45) is 0. The van der Waals surface area contributed by atoms with Gasteiger partial charge in [0.1, 0.15) is 6.54 Å². The first-order valence-corrected chi connectivity index (χ1v) is 6.13. The van der Waals surface area contributed by atoms with Crippen LogP contribution in [0.2, 0.25) is 0 Å². The van der Waals surface area contributed by atoms with Crippen LogP contribution in [0.3, 0.4) is 0 Å². The molecule has 0 aliphatic rings. The third kappa shape index (κ3) is 5.40. The van der Waals surface area contributed by atoms with E-state index >= 15 is 0 Å². The summed E-state index contributed by atoms with van der Waals surface area (Å²) in [7, 11) is 1.29. The largest absolute Gasteiger partial charge is 0.468 e. The second kappa shape index (κ2) is 6.96. The fraction of sp³-hybridized carbons (Fsp3) is 0.333. The van der Waals surface area contributed by atoms with E-state index in [2.05, 4.69) is 10.1 Å². The van der Waals surface area contributed by atoms with Gasteiger partial charge in [0.15, 0.2) is 0 Å². The van der Waals surface area contributed by atoms with Crippen molar-refractivity contribution in [2.45, 2.75) is 11.8 Å². The zero-order valence-electron chi connectivity index (χ0n) is 9.86. The smallest absolute Gasteiger partial charge is 0.325 e. The van der Waals surface area contributed by atoms with E-state index in [0.29, 0.717) is 5.75 Å². The van der Waals surface area contributed by atoms with Crippen LogP contribution >= 0.6 is 11.8 Å². The lowest BCUT2D eigenvalue weighted by Gasteiger charge is -2.04. The van der Waals surface area contributed by atoms with Crippen LogP contribution in [-0.2, 0) is 14.3 Å². The van der Waals surface area contributed by atoms with Crippen molar-refractivity contribution in [1.29, 1.82) is 0 Å². The van der Waals surface area contributed by atoms with E-state index in [4.69, 9.17) is 0 Å². The molecule has 1 aromatic carbocycles. The number of hydrogen-bond acceptors (Lipinski definition) is 4. The van der Waals surface area contributed by atoms with Crippen molar-refractivity contribution in [1.82, 2.24) is 5.32 Å². The number of hydrogen-bond donors (Lipinski definition) is 1. The molecule has 0 atom stereocenters. The minimum absolute atomic E-state index is 0.0796. The molecule has 5 heteroatoms. The molecule has 0 unspecified atom stereocenters. The van der Waals surface area contributed by atoms with E-state index in [9.17, 15) is 9.59 Å². The van der Waals surface area contributed by atoms with Crippen LogP contribution in [0, 0.1) is 6.92 Å². The third-order valence-electron chi connectivity index (χ3n) is 2.05. The minimum Gasteiger partial charge on any atom is -0.468 e. The average Bonchev–Trinajstić information content (AvgIpc) is 2.35. The molecule has 0 radical (unpaired) electrons. The number of aryl methyl sites for hydroxylation is 1. The number of amides is 1. The zero-order chi connectivity index (χ0) is 12.7. The lowest BCUT2D eigenvalue weighted by molar-refractivity contribution is -0.140. The Balaban J connectivity index is 2.28. The second-order valence-electron chi connectivity index (χ2n) is 3.45. The van der Waals surface area contributed by atoms with Crippen molar-refractivity contribution in [2.75, 3.05) is 19.4 Å². The Kier molecular flexibility index (Phi) is 5.56. The van der Waals surface area contributed by atoms with Crippen molar-refractivity contribution in [3.8, 4) is 0 Å². The van der Waals surface area contributed by atoms with Gasteiger partial charge in [-0.15, -0.1) is 11.8 Å². The number of benzene rings is 1. The Morgan fingerprint density at radius 2 is 1.94 bits per heavy atom. The van der Waals surface area contributed by atoms with Gasteiger partial charge in [0, 0.05) is 4.90 Å². The molecule has 4 nitrogen and oxygen atoms in total. The summed E-state index contributed by atoms with van der Waals surface area (Å²) in [4.78, 5) is 23.2. The monoisotopic (exact) mass is 253 g/mol. The number of carbonyl (C=O) groups excluding carboxylic acids is 2. The van der Waals surface area contributed by atoms with Crippen LogP contribution in [0.15, 0.2) is 29.2 Å². The molecule has 1 N–H and O–H groups in total. The van der Waals surface area contributed by atoms with Crippen molar-refractivity contribution >= 4 is 23.6 Å². The highest BCUT2D eigenvalue weighted by molar-refractivity contribution is 8.00. The lowest BCUT2D eigenvalue weighted by Crippen LogP contribution is -2.31. The fourth-order valence-corrected chi connectivity index (χ4v) is 1.81. The predicted octanol–water partition coefficient (Wildman–Crippen LogP) is 1.38. The van der Waals surface area contributed by atoms with Crippen LogP contribution < -0.4 is 5.32 Å². The SMILES string of the molecule is COC(=O)CNC(=O)CSc1ccc(C)cc1. The van der Waals surface area contributed by atoms with Gasteiger partial charge in [-0.2, -0.15) is 0 Å². The Hall–Kier alpha value is -1.49. The average molecular weight is 253 g/mol. The van der Waals surface area contributed by atoms with Gasteiger partial charge >= 0.3 is 5.97 Å². The fourth-order valence-electron chi connectivity index (χ4n) is 1.08. The Morgan fingerprint density at radius 1 is 1.29 bits per heavy atom. The summed E-state index contributed by atoms with van der Waals surface area (Å²) in [5, 5.41) is 2.48. The summed E-state index contributed by atoms with van der Waals surface area (Å²) in [5.41, 5.74) is 1.18. The number of esters is 1. The molecule has 92 valence electrons. The molecule has 17 heavy (non-hydrogen) atoms. The molecule has 0 saturated heterocycles. The highest BCUT2D eigenvalue weighted by atomic mass is 32.2. The van der Waals surface area contributed by atoms with Crippen molar-refractivity contribution < 1.29 is 14.3 Å². The number of nitrogens with one attached hydrogen (secondary N) is 1. The molecule has 1 aromatic rings. The van der Waals surface area contributed by atoms with Gasteiger partial charge < -0.3 is 10.1 Å². The molecule has 0 aliphatic heterocycles. The Bertz CT molecular complexity index is 389. The molecular weight excluding hydrogens is 238 g/mol. The van der Waals surface area contributed by atoms with E-state index in [1.54, 1.807) is 0 Å². The molecule has 0 saturated carbocycles. The van der Waals surface area contributed by atoms with E-state index in [0.717, 1.165) is 4.90 Å². The van der Waals surface area contributed by atoms with Crippen molar-refractivity contribution in [3.63, 3.8) is 0 Å². The van der Waals surface area contributed by atoms with Crippen LogP contribution in [0.5, 0.6) is 0 Å². The number of rotatable bonds is 5. The van der Waals surface area contributed by atoms with Crippen molar-refractivity contribution in [3.05, 3.63) is 29.8 Å². The van der Waals surface area contributed by atoms with E-state index in [1.165, 1.54) is 24.4 Å². The molecule has 0 fully saturated rings. The van der Waals surface area contributed by atoms with Crippen LogP contribution in [0.4, 0.5) is 0 Å². The van der Waals surface area contributed by atoms with Crippen molar-refractivity contribution in [2.24, 2.45) is 0 Å². The van der Waals surface area contributed by atoms with Gasteiger partial charge in [-0.25, -0.2) is 0 Å². The highest BCUT2D eigenvalue weighted by Gasteiger charge is 2.05. The first-order chi connectivity index (χ1) is 8.11. The van der Waals surface area contributed by atoms with E-state index in [1.807, 2.05) is 31.2 Å². The topological polar surface area (TPSA) is 55.4 Å². The van der Waals surface area contributed by atoms with Crippen LogP contribution in [0.25, 0.3) is 0 Å². The van der Waals surface area contributed by atoms with E-state index < -0.39 is 5.97 Å². The quantitative estimate of drug-likeness (QED) is 0.636. The predicted molar refractivity (Wildman–Crippen MR) is 66.9 cm³/mol. The number of carbonyl (C=O) groups is 2. The Labute approximate surface area is 105 Å². The minimum atomic E-state index is -0.446. The lowest BCUT2D eigenvalue weighted by atomic mass is 10.2. The molecular formula is C12H15NO3S. The van der Waals surface area contributed by atoms with Gasteiger partial charge in [-0.05, 0) is 19.1 Å². The zero-order valence-corrected chi connectivity index (χ0v) is 10.7. The van der Waals surface area contributed by atoms with Crippen LogP contribution in [-0.4, -0.2) is 31.3 Å². The second-order valence-corrected chi connectivity index (χ2v) is 4.50. The van der Waals surface area contributed by atoms with Gasteiger partial charge in [0.05, 0.1) is 12.9 Å². The van der Waals surface area contributed by atoms with Crippen LogP contribution in [0.1, 0.15) is 5.56 Å². The van der Waals surface area contributed by atoms with Gasteiger partial charge in [0.25, 0.3) is 0 Å². The molecule has 0 aliphatic carbocycles. The highest BCUT2D eigenvalue weighted by Crippen LogP contribution is 2.17. The molecule has 1 rings (SSSR count). The molecule has 0 spiro atoms. The first kappa shape index (κ1) is 13.6. The van der Waals surface area contributed by atoms with Gasteiger partial charge in [0.2, 0.25) is 5.91 Å². The molecule has 0 heterocycles. The van der Waals surface area contributed by atoms with Gasteiger partial charge in [-0.1, -0.05) is 17.7 Å². The summed E-state index contributed by atoms with van der Waals surface area (Å²) in [5.74, 6) is -0.334. The third-order valence-corrected chi connectivity index (χ3v) is 3.06. The standard InChI is InChI=1S/C12H15NO3S/c1-9-3-5-10(6-4-9)17-8-11(14)13-7-12(15)16-2/h3-6H,7-8H2,1-2H3,(H,13,14). The first-order valence-electron chi connectivity index (χ1n) is 5.15. The maximum Gasteiger partial charge on any atom is 0.325 e. The summed E-state index contributed by atoms with van der Waals surface area (Å²) in [6, 6.07) is 7.92. The number of methoxy groups -OCH3 is 1. The summed E-state index contributed by atoms with van der Waals surface area (Å²) < 4.78 is 4.42. The van der Waals surface area contributed by atoms with E-state index in [-0.39, 0.29) is 12.5 Å². The Morgan fingerprint density at radius 3 is 2.53 bits per heavy atom. The molecule has 0 bridgehead atoms. The number of thioether (sulfide) groups is 1. The van der Waals surface area contributed by atoms with Gasteiger partial charge in [-0.3, -0.25) is 9.59 Å². The number of ether oxygens (including phenoxy) is 1. The summed E-state index contributed by atoms with van der Waals surface area (Å²) >= 11 is 1.43. The molecule has 1 amide bonds. The summed E-state index contributed by atoms with van der Waals surface area (Å²) in [6.45, 7) is 1.93.